The Morgan fingerprint density at radius 2 is 1.91 bits per heavy atom. The lowest BCUT2D eigenvalue weighted by Gasteiger charge is -2.08. The van der Waals surface area contributed by atoms with Gasteiger partial charge in [-0.25, -0.2) is 0 Å². The van der Waals surface area contributed by atoms with Crippen molar-refractivity contribution in [2.24, 2.45) is 0 Å². The second-order valence-corrected chi connectivity index (χ2v) is 5.79. The minimum absolute atomic E-state index is 0.839. The molecule has 3 aromatic heterocycles. The second-order valence-electron chi connectivity index (χ2n) is 4.84. The lowest BCUT2D eigenvalue weighted by Crippen LogP contribution is -2.02. The highest BCUT2D eigenvalue weighted by molar-refractivity contribution is 7.98. The fourth-order valence-corrected chi connectivity index (χ4v) is 3.07. The molecule has 0 amide bonds. The topological polar surface area (TPSA) is 56.5 Å². The number of rotatable bonds is 6. The lowest BCUT2D eigenvalue weighted by molar-refractivity contribution is 0.626. The molecule has 112 valence electrons. The molecular weight excluding hydrogens is 294 g/mol. The summed E-state index contributed by atoms with van der Waals surface area (Å²) in [6, 6.07) is 7.96. The molecule has 0 saturated heterocycles. The lowest BCUT2D eigenvalue weighted by atomic mass is 10.2. The van der Waals surface area contributed by atoms with Gasteiger partial charge in [0.2, 0.25) is 0 Å². The Kier molecular flexibility index (Phi) is 4.80. The van der Waals surface area contributed by atoms with Crippen LogP contribution in [0.2, 0.25) is 0 Å². The van der Waals surface area contributed by atoms with Crippen molar-refractivity contribution in [3.63, 3.8) is 0 Å². The predicted molar refractivity (Wildman–Crippen MR) is 87.3 cm³/mol. The van der Waals surface area contributed by atoms with Crippen LogP contribution in [0.1, 0.15) is 18.9 Å². The van der Waals surface area contributed by atoms with Crippen molar-refractivity contribution in [3.8, 4) is 11.4 Å². The van der Waals surface area contributed by atoms with Gasteiger partial charge in [0.1, 0.15) is 0 Å². The summed E-state index contributed by atoms with van der Waals surface area (Å²) < 4.78 is 2.18. The highest BCUT2D eigenvalue weighted by Crippen LogP contribution is 2.26. The molecule has 3 aromatic rings. The normalized spacial score (nSPS) is 10.8. The van der Waals surface area contributed by atoms with Gasteiger partial charge < -0.3 is 4.57 Å². The van der Waals surface area contributed by atoms with Crippen LogP contribution in [0.4, 0.5) is 0 Å². The largest absolute Gasteiger partial charge is 0.302 e. The first kappa shape index (κ1) is 14.7. The number of hydrogen-bond donors (Lipinski definition) is 0. The van der Waals surface area contributed by atoms with Gasteiger partial charge in [0, 0.05) is 42.6 Å². The van der Waals surface area contributed by atoms with Crippen molar-refractivity contribution in [2.45, 2.75) is 30.8 Å². The minimum Gasteiger partial charge on any atom is -0.302 e. The van der Waals surface area contributed by atoms with E-state index in [0.717, 1.165) is 35.3 Å². The molecule has 22 heavy (non-hydrogen) atoms. The van der Waals surface area contributed by atoms with Crippen LogP contribution >= 0.6 is 11.8 Å². The van der Waals surface area contributed by atoms with E-state index in [1.54, 1.807) is 30.4 Å². The molecule has 5 nitrogen and oxygen atoms in total. The zero-order valence-corrected chi connectivity index (χ0v) is 13.2. The molecule has 3 heterocycles. The number of hydrogen-bond acceptors (Lipinski definition) is 5. The standard InChI is InChI=1S/C16H17N5S/c1-2-10-21-15(14-5-8-17-9-6-14)19-20-16(21)22-12-13-4-3-7-18-11-13/h3-9,11H,2,10,12H2,1H3. The van der Waals surface area contributed by atoms with E-state index in [1.807, 2.05) is 24.4 Å². The Morgan fingerprint density at radius 1 is 1.05 bits per heavy atom. The molecule has 0 saturated carbocycles. The van der Waals surface area contributed by atoms with Gasteiger partial charge in [-0.2, -0.15) is 0 Å². The van der Waals surface area contributed by atoms with Gasteiger partial charge in [0.25, 0.3) is 0 Å². The summed E-state index contributed by atoms with van der Waals surface area (Å²) in [6.45, 7) is 3.06. The second kappa shape index (κ2) is 7.17. The first-order valence-electron chi connectivity index (χ1n) is 7.23. The highest BCUT2D eigenvalue weighted by atomic mass is 32.2. The fraction of sp³-hybridized carbons (Fsp3) is 0.250. The third-order valence-corrected chi connectivity index (χ3v) is 4.23. The molecule has 0 aliphatic carbocycles. The molecule has 0 aromatic carbocycles. The van der Waals surface area contributed by atoms with E-state index in [4.69, 9.17) is 0 Å². The molecular formula is C16H17N5S. The summed E-state index contributed by atoms with van der Waals surface area (Å²) in [7, 11) is 0. The summed E-state index contributed by atoms with van der Waals surface area (Å²) in [6.07, 6.45) is 8.27. The van der Waals surface area contributed by atoms with Crippen molar-refractivity contribution < 1.29 is 0 Å². The Hall–Kier alpha value is -2.21. The fourth-order valence-electron chi connectivity index (χ4n) is 2.17. The molecule has 0 unspecified atom stereocenters. The number of thioether (sulfide) groups is 1. The first-order valence-corrected chi connectivity index (χ1v) is 8.22. The van der Waals surface area contributed by atoms with Gasteiger partial charge in [-0.05, 0) is 30.2 Å². The summed E-state index contributed by atoms with van der Waals surface area (Å²) >= 11 is 1.69. The van der Waals surface area contributed by atoms with Crippen LogP contribution in [0.3, 0.4) is 0 Å². The van der Waals surface area contributed by atoms with Crippen LogP contribution in [0.25, 0.3) is 11.4 Å². The van der Waals surface area contributed by atoms with Gasteiger partial charge in [-0.3, -0.25) is 9.97 Å². The molecule has 3 rings (SSSR count). The maximum absolute atomic E-state index is 4.37. The number of aromatic nitrogens is 5. The Morgan fingerprint density at radius 3 is 2.64 bits per heavy atom. The summed E-state index contributed by atoms with van der Waals surface area (Å²) in [5.41, 5.74) is 2.23. The first-order chi connectivity index (χ1) is 10.9. The zero-order valence-electron chi connectivity index (χ0n) is 12.4. The van der Waals surface area contributed by atoms with E-state index in [0.29, 0.717) is 0 Å². The maximum atomic E-state index is 4.37. The van der Waals surface area contributed by atoms with Crippen LogP contribution in [-0.2, 0) is 12.3 Å². The Bertz CT molecular complexity index is 712. The summed E-state index contributed by atoms with van der Waals surface area (Å²) in [5, 5.41) is 9.67. The van der Waals surface area contributed by atoms with E-state index in [9.17, 15) is 0 Å². The molecule has 0 atom stereocenters. The van der Waals surface area contributed by atoms with E-state index in [2.05, 4.69) is 37.7 Å². The van der Waals surface area contributed by atoms with Gasteiger partial charge in [-0.1, -0.05) is 24.8 Å². The van der Waals surface area contributed by atoms with Crippen molar-refractivity contribution in [2.75, 3.05) is 0 Å². The van der Waals surface area contributed by atoms with E-state index in [-0.39, 0.29) is 0 Å². The van der Waals surface area contributed by atoms with Crippen LogP contribution in [0, 0.1) is 0 Å². The molecule has 0 fully saturated rings. The highest BCUT2D eigenvalue weighted by Gasteiger charge is 2.13. The zero-order chi connectivity index (χ0) is 15.2. The summed E-state index contributed by atoms with van der Waals surface area (Å²) in [4.78, 5) is 8.21. The van der Waals surface area contributed by atoms with Gasteiger partial charge in [0.15, 0.2) is 11.0 Å². The number of nitrogens with zero attached hydrogens (tertiary/aromatic N) is 5. The minimum atomic E-state index is 0.839. The van der Waals surface area contributed by atoms with E-state index < -0.39 is 0 Å². The van der Waals surface area contributed by atoms with Gasteiger partial charge >= 0.3 is 0 Å². The third kappa shape index (κ3) is 3.33. The molecule has 0 radical (unpaired) electrons. The average molecular weight is 311 g/mol. The van der Waals surface area contributed by atoms with Gasteiger partial charge in [-0.15, -0.1) is 10.2 Å². The van der Waals surface area contributed by atoms with Crippen LogP contribution in [0.5, 0.6) is 0 Å². The molecule has 0 spiro atoms. The smallest absolute Gasteiger partial charge is 0.191 e. The van der Waals surface area contributed by atoms with Gasteiger partial charge in [0.05, 0.1) is 0 Å². The maximum Gasteiger partial charge on any atom is 0.191 e. The molecule has 0 bridgehead atoms. The molecule has 0 aliphatic heterocycles. The SMILES string of the molecule is CCCn1c(SCc2cccnc2)nnc1-c1ccncc1. The predicted octanol–water partition coefficient (Wildman–Crippen LogP) is 3.44. The van der Waals surface area contributed by atoms with Crippen molar-refractivity contribution >= 4 is 11.8 Å². The average Bonchev–Trinajstić information content (AvgIpc) is 2.98. The van der Waals surface area contributed by atoms with Crippen molar-refractivity contribution in [1.82, 2.24) is 24.7 Å². The Balaban J connectivity index is 1.84. The van der Waals surface area contributed by atoms with Crippen LogP contribution < -0.4 is 0 Å². The monoisotopic (exact) mass is 311 g/mol. The number of pyridine rings is 2. The van der Waals surface area contributed by atoms with E-state index >= 15 is 0 Å². The Labute approximate surface area is 133 Å². The van der Waals surface area contributed by atoms with Crippen molar-refractivity contribution in [1.29, 1.82) is 0 Å². The van der Waals surface area contributed by atoms with Crippen LogP contribution in [0.15, 0.2) is 54.2 Å². The molecule has 0 aliphatic rings. The third-order valence-electron chi connectivity index (χ3n) is 3.19. The van der Waals surface area contributed by atoms with E-state index in [1.165, 1.54) is 5.56 Å². The van der Waals surface area contributed by atoms with Crippen LogP contribution in [-0.4, -0.2) is 24.7 Å². The van der Waals surface area contributed by atoms with Crippen molar-refractivity contribution in [3.05, 3.63) is 54.6 Å². The molecule has 0 N–H and O–H groups in total. The molecule has 6 heteroatoms. The summed E-state index contributed by atoms with van der Waals surface area (Å²) in [5.74, 6) is 1.74. The quantitative estimate of drug-likeness (QED) is 0.653.